The summed E-state index contributed by atoms with van der Waals surface area (Å²) in [5, 5.41) is 4.86. The van der Waals surface area contributed by atoms with Crippen molar-refractivity contribution in [2.75, 3.05) is 0 Å². The van der Waals surface area contributed by atoms with E-state index in [1.165, 1.54) is 12.1 Å². The molecule has 2 N–H and O–H groups in total. The zero-order valence-electron chi connectivity index (χ0n) is 10.1. The Labute approximate surface area is 113 Å². The number of primary sulfonamides is 1. The summed E-state index contributed by atoms with van der Waals surface area (Å²) in [4.78, 5) is -0.565. The fourth-order valence-corrected chi connectivity index (χ4v) is 2.34. The van der Waals surface area contributed by atoms with E-state index in [1.54, 1.807) is 18.2 Å². The Hall–Kier alpha value is -1.86. The number of nitrogens with two attached hydrogens (primary N) is 1. The van der Waals surface area contributed by atoms with Gasteiger partial charge in [-0.1, -0.05) is 36.4 Å². The average molecular weight is 301 g/mol. The van der Waals surface area contributed by atoms with Crippen LogP contribution in [0.5, 0.6) is 0 Å². The molecule has 0 unspecified atom stereocenters. The Morgan fingerprint density at radius 2 is 1.55 bits per heavy atom. The van der Waals surface area contributed by atoms with E-state index in [0.29, 0.717) is 11.6 Å². The number of rotatable bonds is 2. The van der Waals surface area contributed by atoms with Crippen LogP contribution in [0.1, 0.15) is 5.56 Å². The molecule has 0 aliphatic rings. The van der Waals surface area contributed by atoms with Gasteiger partial charge in [0.1, 0.15) is 0 Å². The SMILES string of the molecule is NS(=O)(=O)c1ccc(-c2ccccc2)c(C(F)(F)F)c1. The molecule has 0 saturated carbocycles. The summed E-state index contributed by atoms with van der Waals surface area (Å²) in [6, 6.07) is 10.6. The molecule has 0 radical (unpaired) electrons. The zero-order chi connectivity index (χ0) is 15.0. The Morgan fingerprint density at radius 3 is 2.05 bits per heavy atom. The normalized spacial score (nSPS) is 12.4. The van der Waals surface area contributed by atoms with E-state index in [4.69, 9.17) is 5.14 Å². The molecular formula is C13H10F3NO2S. The topological polar surface area (TPSA) is 60.2 Å². The van der Waals surface area contributed by atoms with Crippen LogP contribution in [0.2, 0.25) is 0 Å². The maximum atomic E-state index is 13.1. The van der Waals surface area contributed by atoms with E-state index in [0.717, 1.165) is 12.1 Å². The van der Waals surface area contributed by atoms with Gasteiger partial charge >= 0.3 is 6.18 Å². The molecule has 0 fully saturated rings. The van der Waals surface area contributed by atoms with Crippen LogP contribution in [-0.2, 0) is 16.2 Å². The summed E-state index contributed by atoms with van der Waals surface area (Å²) in [6.45, 7) is 0. The van der Waals surface area contributed by atoms with Crippen LogP contribution in [0.15, 0.2) is 53.4 Å². The highest BCUT2D eigenvalue weighted by Gasteiger charge is 2.34. The van der Waals surface area contributed by atoms with Crippen LogP contribution in [-0.4, -0.2) is 8.42 Å². The minimum absolute atomic E-state index is 0.0921. The fourth-order valence-electron chi connectivity index (χ4n) is 1.80. The molecule has 20 heavy (non-hydrogen) atoms. The third-order valence-electron chi connectivity index (χ3n) is 2.71. The van der Waals surface area contributed by atoms with E-state index in [1.807, 2.05) is 0 Å². The number of hydrogen-bond donors (Lipinski definition) is 1. The van der Waals surface area contributed by atoms with E-state index in [2.05, 4.69) is 0 Å². The third kappa shape index (κ3) is 3.00. The van der Waals surface area contributed by atoms with Crippen molar-refractivity contribution in [2.45, 2.75) is 11.1 Å². The first-order valence-electron chi connectivity index (χ1n) is 5.49. The van der Waals surface area contributed by atoms with Crippen LogP contribution in [0.25, 0.3) is 11.1 Å². The number of halogens is 3. The smallest absolute Gasteiger partial charge is 0.225 e. The molecule has 0 heterocycles. The van der Waals surface area contributed by atoms with Gasteiger partial charge in [-0.15, -0.1) is 0 Å². The molecule has 2 aromatic carbocycles. The van der Waals surface area contributed by atoms with Crippen molar-refractivity contribution >= 4 is 10.0 Å². The molecule has 0 bridgehead atoms. The van der Waals surface area contributed by atoms with Gasteiger partial charge in [-0.2, -0.15) is 13.2 Å². The highest BCUT2D eigenvalue weighted by molar-refractivity contribution is 7.89. The first-order chi connectivity index (χ1) is 9.19. The highest BCUT2D eigenvalue weighted by atomic mass is 32.2. The molecule has 7 heteroatoms. The van der Waals surface area contributed by atoms with Crippen LogP contribution >= 0.6 is 0 Å². The maximum Gasteiger partial charge on any atom is 0.417 e. The first-order valence-corrected chi connectivity index (χ1v) is 7.04. The molecular weight excluding hydrogens is 291 g/mol. The van der Waals surface area contributed by atoms with E-state index >= 15 is 0 Å². The van der Waals surface area contributed by atoms with Gasteiger partial charge < -0.3 is 0 Å². The van der Waals surface area contributed by atoms with Crippen molar-refractivity contribution in [3.8, 4) is 11.1 Å². The molecule has 0 aliphatic carbocycles. The summed E-state index contributed by atoms with van der Waals surface area (Å²) in [5.74, 6) is 0. The van der Waals surface area contributed by atoms with Crippen LogP contribution in [0.3, 0.4) is 0 Å². The Kier molecular flexibility index (Phi) is 3.58. The van der Waals surface area contributed by atoms with Crippen LogP contribution < -0.4 is 5.14 Å². The van der Waals surface area contributed by atoms with Crippen molar-refractivity contribution < 1.29 is 21.6 Å². The minimum atomic E-state index is -4.67. The summed E-state index contributed by atoms with van der Waals surface area (Å²) in [6.07, 6.45) is -4.67. The lowest BCUT2D eigenvalue weighted by atomic mass is 9.99. The van der Waals surface area contributed by atoms with Crippen molar-refractivity contribution in [3.63, 3.8) is 0 Å². The van der Waals surface area contributed by atoms with Gasteiger partial charge in [0.05, 0.1) is 10.5 Å². The Bertz CT molecular complexity index is 725. The first kappa shape index (κ1) is 14.5. The Balaban J connectivity index is 2.71. The number of hydrogen-bond acceptors (Lipinski definition) is 2. The van der Waals surface area contributed by atoms with Crippen molar-refractivity contribution in [1.29, 1.82) is 0 Å². The van der Waals surface area contributed by atoms with E-state index in [9.17, 15) is 21.6 Å². The molecule has 0 atom stereocenters. The van der Waals surface area contributed by atoms with Crippen LogP contribution in [0.4, 0.5) is 13.2 Å². The van der Waals surface area contributed by atoms with Gasteiger partial charge in [0, 0.05) is 0 Å². The molecule has 0 saturated heterocycles. The molecule has 0 spiro atoms. The molecule has 0 amide bonds. The quantitative estimate of drug-likeness (QED) is 0.927. The van der Waals surface area contributed by atoms with Crippen molar-refractivity contribution in [3.05, 3.63) is 54.1 Å². The predicted octanol–water partition coefficient (Wildman–Crippen LogP) is 3.02. The lowest BCUT2D eigenvalue weighted by Crippen LogP contribution is -2.15. The lowest BCUT2D eigenvalue weighted by molar-refractivity contribution is -0.137. The Morgan fingerprint density at radius 1 is 0.950 bits per heavy atom. The number of sulfonamides is 1. The monoisotopic (exact) mass is 301 g/mol. The van der Waals surface area contributed by atoms with Crippen LogP contribution in [0, 0.1) is 0 Å². The average Bonchev–Trinajstić information content (AvgIpc) is 2.37. The molecule has 2 aromatic rings. The summed E-state index contributed by atoms with van der Waals surface area (Å²) < 4.78 is 61.5. The number of alkyl halides is 3. The minimum Gasteiger partial charge on any atom is -0.225 e. The fraction of sp³-hybridized carbons (Fsp3) is 0.0769. The summed E-state index contributed by atoms with van der Waals surface area (Å²) >= 11 is 0. The predicted molar refractivity (Wildman–Crippen MR) is 68.3 cm³/mol. The second-order valence-electron chi connectivity index (χ2n) is 4.12. The van der Waals surface area contributed by atoms with E-state index in [-0.39, 0.29) is 5.56 Å². The molecule has 106 valence electrons. The largest absolute Gasteiger partial charge is 0.417 e. The second kappa shape index (κ2) is 4.92. The summed E-state index contributed by atoms with van der Waals surface area (Å²) in [7, 11) is -4.18. The zero-order valence-corrected chi connectivity index (χ0v) is 10.9. The van der Waals surface area contributed by atoms with Gasteiger partial charge in [0.15, 0.2) is 0 Å². The van der Waals surface area contributed by atoms with E-state index < -0.39 is 26.7 Å². The standard InChI is InChI=1S/C13H10F3NO2S/c14-13(15,16)12-8-10(20(17,18)19)6-7-11(12)9-4-2-1-3-5-9/h1-8H,(H2,17,18,19). The van der Waals surface area contributed by atoms with Gasteiger partial charge in [-0.05, 0) is 23.3 Å². The summed E-state index contributed by atoms with van der Waals surface area (Å²) in [5.41, 5.74) is -0.776. The van der Waals surface area contributed by atoms with Crippen molar-refractivity contribution in [2.24, 2.45) is 5.14 Å². The molecule has 3 nitrogen and oxygen atoms in total. The van der Waals surface area contributed by atoms with Gasteiger partial charge in [0.2, 0.25) is 10.0 Å². The van der Waals surface area contributed by atoms with Gasteiger partial charge in [-0.25, -0.2) is 13.6 Å². The van der Waals surface area contributed by atoms with Crippen molar-refractivity contribution in [1.82, 2.24) is 0 Å². The second-order valence-corrected chi connectivity index (χ2v) is 5.68. The molecule has 0 aromatic heterocycles. The maximum absolute atomic E-state index is 13.1. The number of benzene rings is 2. The third-order valence-corrected chi connectivity index (χ3v) is 3.62. The van der Waals surface area contributed by atoms with Gasteiger partial charge in [-0.3, -0.25) is 0 Å². The van der Waals surface area contributed by atoms with Gasteiger partial charge in [0.25, 0.3) is 0 Å². The molecule has 0 aliphatic heterocycles. The molecule has 2 rings (SSSR count). The highest BCUT2D eigenvalue weighted by Crippen LogP contribution is 2.38. The lowest BCUT2D eigenvalue weighted by Gasteiger charge is -2.14.